The zero-order valence-electron chi connectivity index (χ0n) is 13.4. The van der Waals surface area contributed by atoms with E-state index < -0.39 is 5.97 Å². The zero-order valence-corrected chi connectivity index (χ0v) is 13.4. The third kappa shape index (κ3) is 2.36. The molecule has 4 nitrogen and oxygen atoms in total. The molecule has 0 saturated heterocycles. The number of hydrogen-bond donors (Lipinski definition) is 1. The number of aliphatic carboxylic acids is 1. The molecule has 0 radical (unpaired) electrons. The Labute approximate surface area is 126 Å². The first-order valence-corrected chi connectivity index (χ1v) is 8.21. The van der Waals surface area contributed by atoms with Crippen molar-refractivity contribution in [3.8, 4) is 0 Å². The van der Waals surface area contributed by atoms with Gasteiger partial charge in [-0.05, 0) is 62.2 Å². The van der Waals surface area contributed by atoms with Crippen LogP contribution in [-0.4, -0.2) is 35.0 Å². The van der Waals surface area contributed by atoms with E-state index in [1.807, 2.05) is 6.92 Å². The number of carbonyl (C=O) groups is 2. The molecule has 0 aromatic carbocycles. The summed E-state index contributed by atoms with van der Waals surface area (Å²) >= 11 is 0. The minimum Gasteiger partial charge on any atom is -0.480 e. The first kappa shape index (κ1) is 14.9. The van der Waals surface area contributed by atoms with Gasteiger partial charge in [-0.25, -0.2) is 0 Å². The molecule has 0 aliphatic heterocycles. The molecule has 2 unspecified atom stereocenters. The fourth-order valence-electron chi connectivity index (χ4n) is 6.51. The van der Waals surface area contributed by atoms with Gasteiger partial charge < -0.3 is 10.0 Å². The number of nitrogens with zero attached hydrogens (tertiary/aromatic N) is 1. The van der Waals surface area contributed by atoms with Gasteiger partial charge in [0.2, 0.25) is 5.91 Å². The fourth-order valence-corrected chi connectivity index (χ4v) is 6.51. The highest BCUT2D eigenvalue weighted by molar-refractivity contribution is 5.86. The number of carboxylic acids is 1. The van der Waals surface area contributed by atoms with E-state index in [1.165, 1.54) is 19.3 Å². The zero-order chi connectivity index (χ0) is 15.5. The van der Waals surface area contributed by atoms with Crippen molar-refractivity contribution in [1.82, 2.24) is 4.90 Å². The van der Waals surface area contributed by atoms with E-state index in [4.69, 9.17) is 5.11 Å². The van der Waals surface area contributed by atoms with Crippen molar-refractivity contribution in [3.05, 3.63) is 0 Å². The minimum atomic E-state index is -0.910. The van der Waals surface area contributed by atoms with Crippen molar-refractivity contribution in [2.75, 3.05) is 13.1 Å². The van der Waals surface area contributed by atoms with Crippen LogP contribution >= 0.6 is 0 Å². The summed E-state index contributed by atoms with van der Waals surface area (Å²) in [4.78, 5) is 25.7. The molecule has 4 aliphatic carbocycles. The number of hydrogen-bond acceptors (Lipinski definition) is 2. The van der Waals surface area contributed by atoms with Crippen LogP contribution < -0.4 is 0 Å². The maximum Gasteiger partial charge on any atom is 0.323 e. The van der Waals surface area contributed by atoms with Gasteiger partial charge in [-0.15, -0.1) is 0 Å². The highest BCUT2D eigenvalue weighted by Crippen LogP contribution is 2.69. The molecule has 4 bridgehead atoms. The van der Waals surface area contributed by atoms with E-state index in [1.54, 1.807) is 4.90 Å². The molecule has 118 valence electrons. The second-order valence-corrected chi connectivity index (χ2v) is 8.62. The molecule has 0 spiro atoms. The molecule has 2 atom stereocenters. The maximum absolute atomic E-state index is 13.1. The van der Waals surface area contributed by atoms with Crippen LogP contribution in [0.25, 0.3) is 0 Å². The lowest BCUT2D eigenvalue weighted by atomic mass is 9.40. The van der Waals surface area contributed by atoms with Crippen molar-refractivity contribution in [2.45, 2.75) is 59.3 Å². The van der Waals surface area contributed by atoms with E-state index in [9.17, 15) is 9.59 Å². The molecular weight excluding hydrogens is 266 g/mol. The van der Waals surface area contributed by atoms with Crippen molar-refractivity contribution in [3.63, 3.8) is 0 Å². The van der Waals surface area contributed by atoms with Crippen LogP contribution in [0.1, 0.15) is 59.3 Å². The molecular formula is C17H27NO3. The predicted octanol–water partition coefficient (Wildman–Crippen LogP) is 2.92. The van der Waals surface area contributed by atoms with Crippen LogP contribution in [0.15, 0.2) is 0 Å². The van der Waals surface area contributed by atoms with Crippen LogP contribution in [0.2, 0.25) is 0 Å². The first-order valence-electron chi connectivity index (χ1n) is 8.21. The van der Waals surface area contributed by atoms with Crippen LogP contribution in [0, 0.1) is 22.2 Å². The second kappa shape index (κ2) is 4.47. The highest BCUT2D eigenvalue weighted by atomic mass is 16.4. The normalized spacial score (nSPS) is 43.9. The van der Waals surface area contributed by atoms with Gasteiger partial charge in [0.15, 0.2) is 0 Å². The fraction of sp³-hybridized carbons (Fsp3) is 0.882. The number of carbonyl (C=O) groups excluding carboxylic acids is 1. The lowest BCUT2D eigenvalue weighted by molar-refractivity contribution is -0.180. The Morgan fingerprint density at radius 3 is 2.10 bits per heavy atom. The van der Waals surface area contributed by atoms with E-state index in [0.29, 0.717) is 12.5 Å². The first-order chi connectivity index (χ1) is 9.69. The van der Waals surface area contributed by atoms with Gasteiger partial charge in [0.05, 0.1) is 5.41 Å². The van der Waals surface area contributed by atoms with Crippen molar-refractivity contribution in [1.29, 1.82) is 0 Å². The molecule has 0 aromatic rings. The summed E-state index contributed by atoms with van der Waals surface area (Å²) in [5, 5.41) is 9.05. The summed E-state index contributed by atoms with van der Waals surface area (Å²) in [5.74, 6) is -0.148. The van der Waals surface area contributed by atoms with Crippen molar-refractivity contribution >= 4 is 11.9 Å². The lowest BCUT2D eigenvalue weighted by Crippen LogP contribution is -2.60. The van der Waals surface area contributed by atoms with E-state index >= 15 is 0 Å². The van der Waals surface area contributed by atoms with Gasteiger partial charge in [-0.1, -0.05) is 13.8 Å². The number of likely N-dealkylation sites (N-methyl/N-ethyl adjacent to an activating group) is 1. The number of carboxylic acid groups (broad SMARTS) is 1. The van der Waals surface area contributed by atoms with Crippen LogP contribution in [0.4, 0.5) is 0 Å². The number of amides is 1. The van der Waals surface area contributed by atoms with Gasteiger partial charge in [-0.2, -0.15) is 0 Å². The molecule has 1 N–H and O–H groups in total. The van der Waals surface area contributed by atoms with E-state index in [-0.39, 0.29) is 28.7 Å². The van der Waals surface area contributed by atoms with Crippen LogP contribution in [-0.2, 0) is 9.59 Å². The Morgan fingerprint density at radius 2 is 1.67 bits per heavy atom. The van der Waals surface area contributed by atoms with E-state index in [0.717, 1.165) is 19.3 Å². The molecule has 1 amide bonds. The maximum atomic E-state index is 13.1. The molecule has 0 aromatic heterocycles. The lowest BCUT2D eigenvalue weighted by Gasteiger charge is -2.65. The van der Waals surface area contributed by atoms with Gasteiger partial charge in [-0.3, -0.25) is 9.59 Å². The molecule has 21 heavy (non-hydrogen) atoms. The van der Waals surface area contributed by atoms with Crippen LogP contribution in [0.5, 0.6) is 0 Å². The quantitative estimate of drug-likeness (QED) is 0.867. The summed E-state index contributed by atoms with van der Waals surface area (Å²) in [6, 6.07) is 0. The molecule has 4 heteroatoms. The molecule has 4 aliphatic rings. The second-order valence-electron chi connectivity index (χ2n) is 8.62. The third-order valence-corrected chi connectivity index (χ3v) is 6.07. The topological polar surface area (TPSA) is 57.6 Å². The summed E-state index contributed by atoms with van der Waals surface area (Å²) in [7, 11) is 0. The van der Waals surface area contributed by atoms with Crippen LogP contribution in [0.3, 0.4) is 0 Å². The molecule has 4 saturated carbocycles. The Kier molecular flexibility index (Phi) is 3.16. The molecule has 4 fully saturated rings. The standard InChI is InChI=1S/C17H27NO3/c1-4-18(8-13(19)20)14(21)17-7-12-5-15(2,10-17)9-16(3,6-12)11-17/h12H,4-11H2,1-3H3,(H,19,20). The Hall–Kier alpha value is -1.06. The predicted molar refractivity (Wildman–Crippen MR) is 79.7 cm³/mol. The Balaban J connectivity index is 1.90. The van der Waals surface area contributed by atoms with E-state index in [2.05, 4.69) is 13.8 Å². The Morgan fingerprint density at radius 1 is 1.10 bits per heavy atom. The van der Waals surface area contributed by atoms with Crippen molar-refractivity contribution < 1.29 is 14.7 Å². The average molecular weight is 293 g/mol. The smallest absolute Gasteiger partial charge is 0.323 e. The third-order valence-electron chi connectivity index (χ3n) is 6.07. The average Bonchev–Trinajstić information content (AvgIpc) is 2.30. The summed E-state index contributed by atoms with van der Waals surface area (Å²) in [6.07, 6.45) is 6.64. The van der Waals surface area contributed by atoms with Crippen molar-refractivity contribution in [2.24, 2.45) is 22.2 Å². The van der Waals surface area contributed by atoms with Gasteiger partial charge in [0.1, 0.15) is 6.54 Å². The summed E-state index contributed by atoms with van der Waals surface area (Å²) in [5.41, 5.74) is 0.285. The van der Waals surface area contributed by atoms with Gasteiger partial charge in [0, 0.05) is 6.54 Å². The monoisotopic (exact) mass is 293 g/mol. The molecule has 0 heterocycles. The SMILES string of the molecule is CCN(CC(=O)O)C(=O)C12CC3CC(C)(CC(C)(C3)C1)C2. The largest absolute Gasteiger partial charge is 0.480 e. The Bertz CT molecular complexity index is 468. The molecule has 4 rings (SSSR count). The van der Waals surface area contributed by atoms with Gasteiger partial charge in [0.25, 0.3) is 0 Å². The summed E-state index contributed by atoms with van der Waals surface area (Å²) in [6.45, 7) is 6.89. The summed E-state index contributed by atoms with van der Waals surface area (Å²) < 4.78 is 0. The van der Waals surface area contributed by atoms with Gasteiger partial charge >= 0.3 is 5.97 Å². The number of rotatable bonds is 4. The highest BCUT2D eigenvalue weighted by Gasteiger charge is 2.63. The minimum absolute atomic E-state index is 0.106.